The van der Waals surface area contributed by atoms with Crippen LogP contribution in [0.2, 0.25) is 0 Å². The molecule has 1 aromatic heterocycles. The molecule has 1 saturated heterocycles. The smallest absolute Gasteiger partial charge is 0.417 e. The molecule has 0 unspecified atom stereocenters. The highest BCUT2D eigenvalue weighted by molar-refractivity contribution is 6.28. The van der Waals surface area contributed by atoms with Gasteiger partial charge in [0.25, 0.3) is 0 Å². The van der Waals surface area contributed by atoms with Crippen molar-refractivity contribution in [3.8, 4) is 11.4 Å². The molecule has 0 aliphatic carbocycles. The first-order valence-corrected chi connectivity index (χ1v) is 10.00. The van der Waals surface area contributed by atoms with E-state index in [0.29, 0.717) is 12.5 Å². The average molecular weight is 400 g/mol. The van der Waals surface area contributed by atoms with Gasteiger partial charge in [0.05, 0.1) is 13.2 Å². The van der Waals surface area contributed by atoms with Gasteiger partial charge in [0.1, 0.15) is 5.75 Å². The molecular formula is C22H28N2O5. The number of rotatable bonds is 8. The lowest BCUT2D eigenvalue weighted by molar-refractivity contribution is -0.165. The Bertz CT molecular complexity index is 788. The SMILES string of the molecule is C[C@H]1C[C@H](COC(=O)C(=O)O)CN(CCCOc2ccc(-n3cccc3)cc2)C1. The fourth-order valence-corrected chi connectivity index (χ4v) is 3.86. The zero-order valence-corrected chi connectivity index (χ0v) is 16.7. The molecule has 0 spiro atoms. The van der Waals surface area contributed by atoms with Crippen molar-refractivity contribution in [3.05, 3.63) is 48.8 Å². The van der Waals surface area contributed by atoms with Crippen LogP contribution in [0.25, 0.3) is 5.69 Å². The molecule has 1 fully saturated rings. The normalized spacial score (nSPS) is 19.6. The van der Waals surface area contributed by atoms with Gasteiger partial charge >= 0.3 is 11.9 Å². The number of piperidine rings is 1. The monoisotopic (exact) mass is 400 g/mol. The Morgan fingerprint density at radius 3 is 2.55 bits per heavy atom. The summed E-state index contributed by atoms with van der Waals surface area (Å²) in [5.41, 5.74) is 1.10. The quantitative estimate of drug-likeness (QED) is 0.417. The summed E-state index contributed by atoms with van der Waals surface area (Å²) in [6, 6.07) is 12.0. The Labute approximate surface area is 170 Å². The van der Waals surface area contributed by atoms with Crippen molar-refractivity contribution in [2.75, 3.05) is 32.8 Å². The first kappa shape index (κ1) is 20.9. The highest BCUT2D eigenvalue weighted by Gasteiger charge is 2.26. The molecule has 1 N–H and O–H groups in total. The van der Waals surface area contributed by atoms with Crippen molar-refractivity contribution in [2.24, 2.45) is 11.8 Å². The lowest BCUT2D eigenvalue weighted by Crippen LogP contribution is -2.42. The maximum atomic E-state index is 11.1. The summed E-state index contributed by atoms with van der Waals surface area (Å²) in [6.45, 7) is 5.66. The number of likely N-dealkylation sites (tertiary alicyclic amines) is 1. The fourth-order valence-electron chi connectivity index (χ4n) is 3.86. The molecule has 0 bridgehead atoms. The van der Waals surface area contributed by atoms with Crippen molar-refractivity contribution in [1.82, 2.24) is 9.47 Å². The van der Waals surface area contributed by atoms with Crippen LogP contribution < -0.4 is 4.74 Å². The van der Waals surface area contributed by atoms with E-state index < -0.39 is 11.9 Å². The van der Waals surface area contributed by atoms with E-state index in [1.165, 1.54) is 0 Å². The van der Waals surface area contributed by atoms with Crippen LogP contribution in [0.15, 0.2) is 48.8 Å². The van der Waals surface area contributed by atoms with Gasteiger partial charge in [-0.3, -0.25) is 0 Å². The summed E-state index contributed by atoms with van der Waals surface area (Å²) < 4.78 is 12.8. The van der Waals surface area contributed by atoms with Crippen molar-refractivity contribution >= 4 is 11.9 Å². The minimum atomic E-state index is -1.54. The predicted octanol–water partition coefficient (Wildman–Crippen LogP) is 2.83. The zero-order chi connectivity index (χ0) is 20.6. The van der Waals surface area contributed by atoms with E-state index in [2.05, 4.69) is 11.8 Å². The van der Waals surface area contributed by atoms with Gasteiger partial charge in [0.2, 0.25) is 0 Å². The summed E-state index contributed by atoms with van der Waals surface area (Å²) in [6.07, 6.45) is 5.85. The number of carbonyl (C=O) groups excluding carboxylic acids is 1. The van der Waals surface area contributed by atoms with Gasteiger partial charge in [-0.2, -0.15) is 0 Å². The molecule has 7 nitrogen and oxygen atoms in total. The minimum absolute atomic E-state index is 0.163. The van der Waals surface area contributed by atoms with Crippen LogP contribution in [0.1, 0.15) is 19.8 Å². The Morgan fingerprint density at radius 2 is 1.86 bits per heavy atom. The molecular weight excluding hydrogens is 372 g/mol. The molecule has 1 aliphatic heterocycles. The third-order valence-electron chi connectivity index (χ3n) is 5.07. The molecule has 1 aliphatic rings. The van der Waals surface area contributed by atoms with E-state index in [1.54, 1.807) is 0 Å². The van der Waals surface area contributed by atoms with E-state index in [4.69, 9.17) is 14.6 Å². The van der Waals surface area contributed by atoms with Crippen LogP contribution in [0.5, 0.6) is 5.75 Å². The van der Waals surface area contributed by atoms with E-state index in [-0.39, 0.29) is 12.5 Å². The number of aromatic nitrogens is 1. The lowest BCUT2D eigenvalue weighted by Gasteiger charge is -2.36. The van der Waals surface area contributed by atoms with E-state index in [1.807, 2.05) is 53.4 Å². The van der Waals surface area contributed by atoms with Gasteiger partial charge in [-0.1, -0.05) is 6.92 Å². The van der Waals surface area contributed by atoms with Gasteiger partial charge in [0.15, 0.2) is 0 Å². The third-order valence-corrected chi connectivity index (χ3v) is 5.07. The number of hydrogen-bond donors (Lipinski definition) is 1. The molecule has 2 heterocycles. The molecule has 0 amide bonds. The number of carbonyl (C=O) groups is 2. The average Bonchev–Trinajstić information content (AvgIpc) is 3.24. The second kappa shape index (κ2) is 10.1. The second-order valence-corrected chi connectivity index (χ2v) is 7.66. The highest BCUT2D eigenvalue weighted by atomic mass is 16.6. The Hall–Kier alpha value is -2.80. The summed E-state index contributed by atoms with van der Waals surface area (Å²) in [5, 5.41) is 8.62. The van der Waals surface area contributed by atoms with Crippen molar-refractivity contribution in [3.63, 3.8) is 0 Å². The Balaban J connectivity index is 1.38. The number of carboxylic acid groups (broad SMARTS) is 1. The second-order valence-electron chi connectivity index (χ2n) is 7.66. The molecule has 29 heavy (non-hydrogen) atoms. The predicted molar refractivity (Wildman–Crippen MR) is 108 cm³/mol. The molecule has 0 radical (unpaired) electrons. The number of carboxylic acids is 1. The van der Waals surface area contributed by atoms with Gasteiger partial charge in [-0.05, 0) is 55.2 Å². The lowest BCUT2D eigenvalue weighted by atomic mass is 9.91. The number of ether oxygens (including phenoxy) is 2. The number of hydrogen-bond acceptors (Lipinski definition) is 5. The molecule has 2 aromatic rings. The Kier molecular flexibility index (Phi) is 7.30. The van der Waals surface area contributed by atoms with Gasteiger partial charge in [0, 0.05) is 43.6 Å². The number of benzene rings is 1. The molecule has 2 atom stereocenters. The summed E-state index contributed by atoms with van der Waals surface area (Å²) >= 11 is 0. The van der Waals surface area contributed by atoms with Gasteiger partial charge < -0.3 is 24.0 Å². The fraction of sp³-hybridized carbons (Fsp3) is 0.455. The summed E-state index contributed by atoms with van der Waals surface area (Å²) in [4.78, 5) is 24.0. The topological polar surface area (TPSA) is 81.0 Å². The summed E-state index contributed by atoms with van der Waals surface area (Å²) in [5.74, 6) is -1.20. The van der Waals surface area contributed by atoms with Gasteiger partial charge in [-0.15, -0.1) is 0 Å². The molecule has 3 rings (SSSR count). The maximum absolute atomic E-state index is 11.1. The van der Waals surface area contributed by atoms with Crippen LogP contribution in [0, 0.1) is 11.8 Å². The van der Waals surface area contributed by atoms with Crippen LogP contribution in [-0.4, -0.2) is 59.4 Å². The Morgan fingerprint density at radius 1 is 1.14 bits per heavy atom. The van der Waals surface area contributed by atoms with E-state index >= 15 is 0 Å². The zero-order valence-electron chi connectivity index (χ0n) is 16.7. The summed E-state index contributed by atoms with van der Waals surface area (Å²) in [7, 11) is 0. The number of aliphatic carboxylic acids is 1. The molecule has 156 valence electrons. The van der Waals surface area contributed by atoms with Crippen LogP contribution >= 0.6 is 0 Å². The first-order valence-electron chi connectivity index (χ1n) is 10.00. The van der Waals surface area contributed by atoms with Crippen LogP contribution in [-0.2, 0) is 14.3 Å². The third kappa shape index (κ3) is 6.35. The van der Waals surface area contributed by atoms with Crippen molar-refractivity contribution in [2.45, 2.75) is 19.8 Å². The molecule has 7 heteroatoms. The number of esters is 1. The molecule has 0 saturated carbocycles. The largest absolute Gasteiger partial charge is 0.494 e. The van der Waals surface area contributed by atoms with Crippen molar-refractivity contribution < 1.29 is 24.2 Å². The van der Waals surface area contributed by atoms with Crippen LogP contribution in [0.4, 0.5) is 0 Å². The van der Waals surface area contributed by atoms with Crippen LogP contribution in [0.3, 0.4) is 0 Å². The van der Waals surface area contributed by atoms with Gasteiger partial charge in [-0.25, -0.2) is 9.59 Å². The van der Waals surface area contributed by atoms with Crippen molar-refractivity contribution in [1.29, 1.82) is 0 Å². The molecule has 1 aromatic carbocycles. The maximum Gasteiger partial charge on any atom is 0.417 e. The minimum Gasteiger partial charge on any atom is -0.494 e. The standard InChI is InChI=1S/C22H28N2O5/c1-17-13-18(16-29-22(27)21(25)26)15-23(14-17)9-4-12-28-20-7-5-19(6-8-20)24-10-2-3-11-24/h2-3,5-8,10-11,17-18H,4,9,12-16H2,1H3,(H,25,26)/t17-,18-/m0/s1. The van der Waals surface area contributed by atoms with E-state index in [9.17, 15) is 9.59 Å². The highest BCUT2D eigenvalue weighted by Crippen LogP contribution is 2.22. The number of nitrogens with zero attached hydrogens (tertiary/aromatic N) is 2. The first-order chi connectivity index (χ1) is 14.0. The van der Waals surface area contributed by atoms with E-state index in [0.717, 1.165) is 43.9 Å².